The second-order valence-corrected chi connectivity index (χ2v) is 5.56. The highest BCUT2D eigenvalue weighted by Crippen LogP contribution is 2.19. The van der Waals surface area contributed by atoms with E-state index in [9.17, 15) is 17.6 Å². The summed E-state index contributed by atoms with van der Waals surface area (Å²) in [6.45, 7) is 0. The number of rotatable bonds is 2. The summed E-state index contributed by atoms with van der Waals surface area (Å²) in [5, 5.41) is 2.18. The van der Waals surface area contributed by atoms with E-state index in [0.717, 1.165) is 12.3 Å². The predicted molar refractivity (Wildman–Crippen MR) is 61.1 cm³/mol. The van der Waals surface area contributed by atoms with Crippen LogP contribution in [0.4, 0.5) is 14.9 Å². The summed E-state index contributed by atoms with van der Waals surface area (Å²) in [4.78, 5) is 11.1. The Kier molecular flexibility index (Phi) is 3.87. The lowest BCUT2D eigenvalue weighted by molar-refractivity contribution is 0.256. The molecular formula is C8H8BrFN2O3S. The normalized spacial score (nSPS) is 10.9. The van der Waals surface area contributed by atoms with Crippen LogP contribution in [-0.4, -0.2) is 20.7 Å². The van der Waals surface area contributed by atoms with Crippen molar-refractivity contribution in [3.63, 3.8) is 0 Å². The molecule has 0 aliphatic rings. The first kappa shape index (κ1) is 12.9. The van der Waals surface area contributed by atoms with E-state index in [2.05, 4.69) is 21.2 Å². The first-order valence-corrected chi connectivity index (χ1v) is 6.70. The molecule has 0 aliphatic carbocycles. The fraction of sp³-hybridized carbons (Fsp3) is 0.125. The first-order valence-electron chi connectivity index (χ1n) is 4.02. The Morgan fingerprint density at radius 2 is 2.06 bits per heavy atom. The van der Waals surface area contributed by atoms with Crippen LogP contribution in [-0.2, 0) is 10.0 Å². The number of urea groups is 1. The zero-order valence-corrected chi connectivity index (χ0v) is 10.5. The van der Waals surface area contributed by atoms with Crippen LogP contribution in [0.1, 0.15) is 0 Å². The summed E-state index contributed by atoms with van der Waals surface area (Å²) < 4.78 is 36.4. The molecule has 0 saturated carbocycles. The van der Waals surface area contributed by atoms with Crippen LogP contribution in [0.2, 0.25) is 0 Å². The van der Waals surface area contributed by atoms with Gasteiger partial charge < -0.3 is 5.32 Å². The molecule has 8 heteroatoms. The van der Waals surface area contributed by atoms with Gasteiger partial charge in [0.2, 0.25) is 10.0 Å². The van der Waals surface area contributed by atoms with Gasteiger partial charge in [0.25, 0.3) is 0 Å². The molecule has 2 N–H and O–H groups in total. The molecule has 88 valence electrons. The average molecular weight is 311 g/mol. The maximum atomic E-state index is 13.0. The van der Waals surface area contributed by atoms with E-state index < -0.39 is 21.9 Å². The number of sulfonamides is 1. The smallest absolute Gasteiger partial charge is 0.307 e. The minimum atomic E-state index is -3.63. The Balaban J connectivity index is 2.74. The predicted octanol–water partition coefficient (Wildman–Crippen LogP) is 1.67. The highest BCUT2D eigenvalue weighted by Gasteiger charge is 2.09. The van der Waals surface area contributed by atoms with Gasteiger partial charge in [-0.05, 0) is 34.1 Å². The van der Waals surface area contributed by atoms with Gasteiger partial charge in [0.15, 0.2) is 0 Å². The van der Waals surface area contributed by atoms with E-state index in [-0.39, 0.29) is 10.2 Å². The van der Waals surface area contributed by atoms with Crippen LogP contribution in [0.15, 0.2) is 22.7 Å². The number of hydrogen-bond acceptors (Lipinski definition) is 3. The fourth-order valence-corrected chi connectivity index (χ4v) is 1.53. The van der Waals surface area contributed by atoms with Gasteiger partial charge >= 0.3 is 6.03 Å². The third kappa shape index (κ3) is 4.15. The molecule has 0 aromatic heterocycles. The number of hydrogen-bond donors (Lipinski definition) is 2. The summed E-state index contributed by atoms with van der Waals surface area (Å²) in [6.07, 6.45) is 0.842. The van der Waals surface area contributed by atoms with Crippen molar-refractivity contribution in [3.05, 3.63) is 28.5 Å². The lowest BCUT2D eigenvalue weighted by atomic mass is 10.3. The minimum Gasteiger partial charge on any atom is -0.307 e. The number of benzene rings is 1. The van der Waals surface area contributed by atoms with Crippen molar-refractivity contribution in [2.24, 2.45) is 0 Å². The van der Waals surface area contributed by atoms with Crippen molar-refractivity contribution in [3.8, 4) is 0 Å². The summed E-state index contributed by atoms with van der Waals surface area (Å²) in [5.41, 5.74) is 0.154. The molecular weight excluding hydrogens is 303 g/mol. The summed E-state index contributed by atoms with van der Waals surface area (Å²) in [6, 6.07) is 2.94. The molecule has 1 rings (SSSR count). The third-order valence-corrected chi connectivity index (χ3v) is 2.65. The second kappa shape index (κ2) is 4.79. The third-order valence-electron chi connectivity index (χ3n) is 1.46. The lowest BCUT2D eigenvalue weighted by Gasteiger charge is -2.06. The van der Waals surface area contributed by atoms with Crippen LogP contribution in [0.3, 0.4) is 0 Å². The van der Waals surface area contributed by atoms with Crippen molar-refractivity contribution < 1.29 is 17.6 Å². The maximum Gasteiger partial charge on any atom is 0.332 e. The number of amides is 2. The zero-order chi connectivity index (χ0) is 12.3. The van der Waals surface area contributed by atoms with E-state index in [1.165, 1.54) is 12.1 Å². The van der Waals surface area contributed by atoms with Crippen LogP contribution < -0.4 is 10.0 Å². The van der Waals surface area contributed by atoms with Gasteiger partial charge in [0.05, 0.1) is 10.7 Å². The van der Waals surface area contributed by atoms with Crippen LogP contribution >= 0.6 is 15.9 Å². The van der Waals surface area contributed by atoms with Crippen molar-refractivity contribution in [2.75, 3.05) is 11.6 Å². The van der Waals surface area contributed by atoms with E-state index in [1.54, 1.807) is 4.72 Å². The van der Waals surface area contributed by atoms with Crippen LogP contribution in [0, 0.1) is 5.82 Å². The van der Waals surface area contributed by atoms with Crippen molar-refractivity contribution in [1.82, 2.24) is 4.72 Å². The van der Waals surface area contributed by atoms with Gasteiger partial charge in [-0.25, -0.2) is 22.3 Å². The van der Waals surface area contributed by atoms with Crippen molar-refractivity contribution >= 4 is 37.7 Å². The molecule has 5 nitrogen and oxygen atoms in total. The van der Waals surface area contributed by atoms with E-state index >= 15 is 0 Å². The molecule has 0 unspecified atom stereocenters. The molecule has 0 radical (unpaired) electrons. The Morgan fingerprint density at radius 3 is 2.56 bits per heavy atom. The first-order chi connectivity index (χ1) is 7.28. The van der Waals surface area contributed by atoms with Crippen molar-refractivity contribution in [1.29, 1.82) is 0 Å². The monoisotopic (exact) mass is 310 g/mol. The molecule has 0 atom stereocenters. The average Bonchev–Trinajstić information content (AvgIpc) is 2.08. The lowest BCUT2D eigenvalue weighted by Crippen LogP contribution is -2.33. The minimum absolute atomic E-state index is 0.154. The van der Waals surface area contributed by atoms with Gasteiger partial charge in [-0.1, -0.05) is 0 Å². The van der Waals surface area contributed by atoms with Crippen LogP contribution in [0.5, 0.6) is 0 Å². The topological polar surface area (TPSA) is 75.3 Å². The second-order valence-electron chi connectivity index (χ2n) is 2.96. The Hall–Kier alpha value is -1.15. The summed E-state index contributed by atoms with van der Waals surface area (Å²) in [5.74, 6) is -0.558. The number of anilines is 1. The summed E-state index contributed by atoms with van der Waals surface area (Å²) >= 11 is 2.95. The van der Waals surface area contributed by atoms with Gasteiger partial charge in [0, 0.05) is 5.69 Å². The zero-order valence-electron chi connectivity index (χ0n) is 8.12. The Bertz CT molecular complexity index is 518. The van der Waals surface area contributed by atoms with Gasteiger partial charge in [-0.15, -0.1) is 0 Å². The molecule has 0 heterocycles. The molecule has 1 aromatic rings. The number of halogens is 2. The highest BCUT2D eigenvalue weighted by molar-refractivity contribution is 9.10. The quantitative estimate of drug-likeness (QED) is 0.872. The summed E-state index contributed by atoms with van der Waals surface area (Å²) in [7, 11) is -3.63. The molecule has 0 bridgehead atoms. The Morgan fingerprint density at radius 1 is 1.44 bits per heavy atom. The maximum absolute atomic E-state index is 13.0. The molecule has 2 amide bonds. The van der Waals surface area contributed by atoms with Gasteiger partial charge in [-0.2, -0.15) is 0 Å². The molecule has 0 spiro atoms. The molecule has 1 aromatic carbocycles. The number of carbonyl (C=O) groups is 1. The highest BCUT2D eigenvalue weighted by atomic mass is 79.9. The molecule has 0 saturated heterocycles. The number of carbonyl (C=O) groups excluding carboxylic acids is 1. The number of nitrogens with one attached hydrogen (secondary N) is 2. The Labute approximate surface area is 100 Å². The van der Waals surface area contributed by atoms with E-state index in [4.69, 9.17) is 0 Å². The fourth-order valence-electron chi connectivity index (χ4n) is 0.899. The molecule has 16 heavy (non-hydrogen) atoms. The van der Waals surface area contributed by atoms with Gasteiger partial charge in [0.1, 0.15) is 5.82 Å². The van der Waals surface area contributed by atoms with E-state index in [1.807, 2.05) is 0 Å². The van der Waals surface area contributed by atoms with Gasteiger partial charge in [-0.3, -0.25) is 0 Å². The van der Waals surface area contributed by atoms with Crippen molar-refractivity contribution in [2.45, 2.75) is 0 Å². The molecule has 0 fully saturated rings. The largest absolute Gasteiger partial charge is 0.332 e. The van der Waals surface area contributed by atoms with Crippen LogP contribution in [0.25, 0.3) is 0 Å². The van der Waals surface area contributed by atoms with E-state index in [0.29, 0.717) is 0 Å². The standard InChI is InChI=1S/C8H8BrFN2O3S/c1-16(14,15)12-8(13)11-5-2-3-6(9)7(10)4-5/h2-4H,1H3,(H2,11,12,13). The SMILES string of the molecule is CS(=O)(=O)NC(=O)Nc1ccc(Br)c(F)c1. The molecule has 0 aliphatic heterocycles.